The highest BCUT2D eigenvalue weighted by atomic mass is 16.2. The van der Waals surface area contributed by atoms with Gasteiger partial charge in [-0.05, 0) is 24.3 Å². The first-order valence-corrected chi connectivity index (χ1v) is 6.02. The molecule has 0 bridgehead atoms. The van der Waals surface area contributed by atoms with Crippen LogP contribution in [-0.2, 0) is 4.79 Å². The number of carbonyl (C=O) groups is 2. The summed E-state index contributed by atoms with van der Waals surface area (Å²) in [6.07, 6.45) is 0. The van der Waals surface area contributed by atoms with Gasteiger partial charge >= 0.3 is 6.03 Å². The van der Waals surface area contributed by atoms with Crippen molar-refractivity contribution in [2.24, 2.45) is 0 Å². The monoisotopic (exact) mass is 252 g/mol. The van der Waals surface area contributed by atoms with E-state index in [0.717, 1.165) is 5.69 Å². The van der Waals surface area contributed by atoms with Crippen LogP contribution in [0.1, 0.15) is 0 Å². The Morgan fingerprint density at radius 3 is 1.84 bits per heavy atom. The molecule has 4 heteroatoms. The second-order valence-corrected chi connectivity index (χ2v) is 4.27. The fourth-order valence-electron chi connectivity index (χ4n) is 2.14. The number of nitrogens with zero attached hydrogens (tertiary/aromatic N) is 2. The minimum absolute atomic E-state index is 0.0811. The molecule has 2 aromatic carbocycles. The van der Waals surface area contributed by atoms with Gasteiger partial charge in [0.25, 0.3) is 5.91 Å². The number of hydrogen-bond donors (Lipinski definition) is 0. The van der Waals surface area contributed by atoms with Crippen LogP contribution in [0, 0.1) is 0 Å². The Hall–Kier alpha value is -2.62. The average molecular weight is 252 g/mol. The first-order chi connectivity index (χ1) is 9.27. The Balaban J connectivity index is 1.94. The average Bonchev–Trinajstić information content (AvgIpc) is 2.76. The highest BCUT2D eigenvalue weighted by Gasteiger charge is 2.37. The lowest BCUT2D eigenvalue weighted by atomic mass is 10.3. The predicted octanol–water partition coefficient (Wildman–Crippen LogP) is 2.66. The van der Waals surface area contributed by atoms with Crippen LogP contribution < -0.4 is 9.80 Å². The minimum atomic E-state index is -0.303. The molecule has 0 atom stereocenters. The second-order valence-electron chi connectivity index (χ2n) is 4.27. The van der Waals surface area contributed by atoms with Gasteiger partial charge in [-0.15, -0.1) is 0 Å². The van der Waals surface area contributed by atoms with Gasteiger partial charge in [-0.2, -0.15) is 0 Å². The first kappa shape index (κ1) is 11.5. The summed E-state index contributed by atoms with van der Waals surface area (Å²) in [6, 6.07) is 17.9. The Morgan fingerprint density at radius 2 is 1.26 bits per heavy atom. The van der Waals surface area contributed by atoms with Gasteiger partial charge in [-0.25, -0.2) is 9.69 Å². The Bertz CT molecular complexity index is 611. The second kappa shape index (κ2) is 4.57. The molecule has 1 heterocycles. The highest BCUT2D eigenvalue weighted by molar-refractivity contribution is 6.26. The molecule has 0 unspecified atom stereocenters. The molecular formula is C15H12N2O2. The highest BCUT2D eigenvalue weighted by Crippen LogP contribution is 2.25. The Labute approximate surface area is 110 Å². The van der Waals surface area contributed by atoms with Crippen LogP contribution >= 0.6 is 0 Å². The minimum Gasteiger partial charge on any atom is -0.284 e. The molecule has 19 heavy (non-hydrogen) atoms. The smallest absolute Gasteiger partial charge is 0.284 e. The number of hydrogen-bond acceptors (Lipinski definition) is 2. The quantitative estimate of drug-likeness (QED) is 0.771. The first-order valence-electron chi connectivity index (χ1n) is 6.02. The number of urea groups is 1. The molecule has 1 saturated heterocycles. The summed E-state index contributed by atoms with van der Waals surface area (Å²) in [4.78, 5) is 27.1. The number of rotatable bonds is 2. The maximum atomic E-state index is 12.3. The van der Waals surface area contributed by atoms with Crippen molar-refractivity contribution in [2.45, 2.75) is 0 Å². The van der Waals surface area contributed by atoms with Crippen LogP contribution in [0.3, 0.4) is 0 Å². The SMILES string of the molecule is O=C1CN(c2ccccc2)C(=O)N1c1ccccc1. The van der Waals surface area contributed by atoms with Gasteiger partial charge in [0.1, 0.15) is 6.54 Å². The summed E-state index contributed by atoms with van der Waals surface area (Å²) < 4.78 is 0. The molecule has 0 N–H and O–H groups in total. The number of benzene rings is 2. The van der Waals surface area contributed by atoms with Gasteiger partial charge in [0.2, 0.25) is 0 Å². The molecule has 94 valence electrons. The zero-order valence-electron chi connectivity index (χ0n) is 10.2. The van der Waals surface area contributed by atoms with Gasteiger partial charge in [0.05, 0.1) is 5.69 Å². The zero-order valence-corrected chi connectivity index (χ0v) is 10.2. The van der Waals surface area contributed by atoms with Crippen LogP contribution in [0.4, 0.5) is 16.2 Å². The fraction of sp³-hybridized carbons (Fsp3) is 0.0667. The molecule has 3 amide bonds. The summed E-state index contributed by atoms with van der Waals surface area (Å²) in [5.41, 5.74) is 1.34. The molecule has 1 aliphatic heterocycles. The maximum Gasteiger partial charge on any atom is 0.336 e. The Kier molecular flexibility index (Phi) is 2.76. The fourth-order valence-corrected chi connectivity index (χ4v) is 2.14. The summed E-state index contributed by atoms with van der Waals surface area (Å²) in [5.74, 6) is -0.208. The molecule has 0 saturated carbocycles. The third-order valence-corrected chi connectivity index (χ3v) is 3.05. The van der Waals surface area contributed by atoms with Crippen molar-refractivity contribution in [3.63, 3.8) is 0 Å². The van der Waals surface area contributed by atoms with Gasteiger partial charge in [-0.1, -0.05) is 36.4 Å². The van der Waals surface area contributed by atoms with E-state index in [0.29, 0.717) is 5.69 Å². The van der Waals surface area contributed by atoms with E-state index in [-0.39, 0.29) is 18.5 Å². The Morgan fingerprint density at radius 1 is 0.737 bits per heavy atom. The normalized spacial score (nSPS) is 15.2. The van der Waals surface area contributed by atoms with Crippen molar-refractivity contribution in [1.82, 2.24) is 0 Å². The van der Waals surface area contributed by atoms with E-state index in [9.17, 15) is 9.59 Å². The van der Waals surface area contributed by atoms with Crippen molar-refractivity contribution < 1.29 is 9.59 Å². The van der Waals surface area contributed by atoms with Gasteiger partial charge in [0.15, 0.2) is 0 Å². The summed E-state index contributed by atoms with van der Waals surface area (Å²) in [6.45, 7) is 0.0811. The van der Waals surface area contributed by atoms with Gasteiger partial charge in [0, 0.05) is 5.69 Å². The number of anilines is 2. The van der Waals surface area contributed by atoms with Crippen LogP contribution in [0.5, 0.6) is 0 Å². The van der Waals surface area contributed by atoms with E-state index in [2.05, 4.69) is 0 Å². The van der Waals surface area contributed by atoms with Crippen LogP contribution in [0.15, 0.2) is 60.7 Å². The van der Waals surface area contributed by atoms with Crippen LogP contribution in [-0.4, -0.2) is 18.5 Å². The lowest BCUT2D eigenvalue weighted by molar-refractivity contribution is -0.115. The van der Waals surface area contributed by atoms with Crippen molar-refractivity contribution in [1.29, 1.82) is 0 Å². The van der Waals surface area contributed by atoms with E-state index < -0.39 is 0 Å². The molecule has 0 radical (unpaired) electrons. The number of carbonyl (C=O) groups excluding carboxylic acids is 2. The number of imide groups is 1. The molecule has 4 nitrogen and oxygen atoms in total. The van der Waals surface area contributed by atoms with Crippen molar-refractivity contribution in [2.75, 3.05) is 16.3 Å². The molecule has 3 rings (SSSR count). The van der Waals surface area contributed by atoms with E-state index in [4.69, 9.17) is 0 Å². The van der Waals surface area contributed by atoms with Crippen molar-refractivity contribution >= 4 is 23.3 Å². The third kappa shape index (κ3) is 1.97. The zero-order chi connectivity index (χ0) is 13.2. The maximum absolute atomic E-state index is 12.3. The molecule has 1 aliphatic rings. The topological polar surface area (TPSA) is 40.6 Å². The van der Waals surface area contributed by atoms with Crippen LogP contribution in [0.25, 0.3) is 0 Å². The van der Waals surface area contributed by atoms with Crippen molar-refractivity contribution in [3.8, 4) is 0 Å². The standard InChI is InChI=1S/C15H12N2O2/c18-14-11-16(12-7-3-1-4-8-12)15(19)17(14)13-9-5-2-6-10-13/h1-10H,11H2. The molecule has 0 aliphatic carbocycles. The van der Waals surface area contributed by atoms with Gasteiger partial charge < -0.3 is 0 Å². The lowest BCUT2D eigenvalue weighted by Crippen LogP contribution is -2.32. The molecular weight excluding hydrogens is 240 g/mol. The molecule has 0 aromatic heterocycles. The van der Waals surface area contributed by atoms with E-state index >= 15 is 0 Å². The summed E-state index contributed by atoms with van der Waals surface area (Å²) in [7, 11) is 0. The van der Waals surface area contributed by atoms with E-state index in [1.807, 2.05) is 36.4 Å². The third-order valence-electron chi connectivity index (χ3n) is 3.05. The molecule has 2 aromatic rings. The summed E-state index contributed by atoms with van der Waals surface area (Å²) in [5, 5.41) is 0. The predicted molar refractivity (Wildman–Crippen MR) is 73.1 cm³/mol. The van der Waals surface area contributed by atoms with Gasteiger partial charge in [-0.3, -0.25) is 9.69 Å². The lowest BCUT2D eigenvalue weighted by Gasteiger charge is -2.16. The molecule has 1 fully saturated rings. The number of amides is 3. The largest absolute Gasteiger partial charge is 0.336 e. The van der Waals surface area contributed by atoms with Crippen LogP contribution in [0.2, 0.25) is 0 Å². The number of para-hydroxylation sites is 2. The molecule has 0 spiro atoms. The van der Waals surface area contributed by atoms with Crippen molar-refractivity contribution in [3.05, 3.63) is 60.7 Å². The van der Waals surface area contributed by atoms with E-state index in [1.54, 1.807) is 24.3 Å². The summed E-state index contributed by atoms with van der Waals surface area (Å²) >= 11 is 0. The van der Waals surface area contributed by atoms with E-state index in [1.165, 1.54) is 9.80 Å².